The lowest BCUT2D eigenvalue weighted by Crippen LogP contribution is -2.44. The summed E-state index contributed by atoms with van der Waals surface area (Å²) in [7, 11) is 0. The van der Waals surface area contributed by atoms with Crippen LogP contribution in [0.2, 0.25) is 0 Å². The van der Waals surface area contributed by atoms with Crippen molar-refractivity contribution in [2.24, 2.45) is 5.92 Å². The fourth-order valence-corrected chi connectivity index (χ4v) is 4.88. The van der Waals surface area contributed by atoms with Gasteiger partial charge >= 0.3 is 0 Å². The summed E-state index contributed by atoms with van der Waals surface area (Å²) in [5.41, 5.74) is 0.981. The van der Waals surface area contributed by atoms with Crippen molar-refractivity contribution in [1.82, 2.24) is 9.55 Å². The number of thioether (sulfide) groups is 1. The number of nitrogens with zero attached hydrogens (tertiary/aromatic N) is 2. The van der Waals surface area contributed by atoms with E-state index in [0.29, 0.717) is 6.04 Å². The molecule has 2 unspecified atom stereocenters. The van der Waals surface area contributed by atoms with Crippen molar-refractivity contribution in [3.63, 3.8) is 0 Å². The maximum Gasteiger partial charge on any atom is 0.0985 e. The highest BCUT2D eigenvalue weighted by molar-refractivity contribution is 7.99. The summed E-state index contributed by atoms with van der Waals surface area (Å²) in [6, 6.07) is 0.331. The molecule has 0 bridgehead atoms. The third kappa shape index (κ3) is 3.15. The lowest BCUT2D eigenvalue weighted by molar-refractivity contribution is -0.122. The van der Waals surface area contributed by atoms with Crippen molar-refractivity contribution in [3.05, 3.63) is 18.2 Å². The third-order valence-corrected chi connectivity index (χ3v) is 5.92. The molecule has 1 spiro atoms. The van der Waals surface area contributed by atoms with Gasteiger partial charge in [0.1, 0.15) is 0 Å². The lowest BCUT2D eigenvalue weighted by Gasteiger charge is -2.44. The number of rotatable bonds is 3. The van der Waals surface area contributed by atoms with Crippen LogP contribution in [0.3, 0.4) is 0 Å². The average molecular weight is 310 g/mol. The molecule has 0 saturated carbocycles. The molecule has 118 valence electrons. The second kappa shape index (κ2) is 6.31. The van der Waals surface area contributed by atoms with E-state index in [0.717, 1.165) is 38.0 Å². The Hall–Kier alpha value is -0.520. The Morgan fingerprint density at radius 3 is 2.90 bits per heavy atom. The van der Waals surface area contributed by atoms with Gasteiger partial charge in [-0.25, -0.2) is 4.98 Å². The van der Waals surface area contributed by atoms with Crippen LogP contribution >= 0.6 is 11.8 Å². The summed E-state index contributed by atoms with van der Waals surface area (Å²) in [6.45, 7) is 5.03. The number of aliphatic hydroxyl groups is 1. The van der Waals surface area contributed by atoms with E-state index in [1.807, 2.05) is 24.3 Å². The fourth-order valence-electron chi connectivity index (χ4n) is 3.64. The van der Waals surface area contributed by atoms with E-state index in [9.17, 15) is 5.11 Å². The Balaban J connectivity index is 1.74. The smallest absolute Gasteiger partial charge is 0.0985 e. The molecule has 1 N–H and O–H groups in total. The van der Waals surface area contributed by atoms with Gasteiger partial charge in [0, 0.05) is 12.6 Å². The Bertz CT molecular complexity index is 463. The normalized spacial score (nSPS) is 27.1. The monoisotopic (exact) mass is 310 g/mol. The molecular weight excluding hydrogens is 284 g/mol. The summed E-state index contributed by atoms with van der Waals surface area (Å²) >= 11 is 2.02. The number of imidazole rings is 1. The number of ether oxygens (including phenoxy) is 1. The first-order valence-electron chi connectivity index (χ1n) is 8.03. The van der Waals surface area contributed by atoms with Crippen LogP contribution in [0.15, 0.2) is 12.5 Å². The first-order chi connectivity index (χ1) is 10.1. The van der Waals surface area contributed by atoms with Crippen molar-refractivity contribution >= 4 is 11.8 Å². The van der Waals surface area contributed by atoms with Crippen LogP contribution in [0, 0.1) is 5.92 Å². The summed E-state index contributed by atoms with van der Waals surface area (Å²) in [4.78, 5) is 4.23. The van der Waals surface area contributed by atoms with Crippen LogP contribution in [-0.4, -0.2) is 38.4 Å². The Labute approximate surface area is 131 Å². The first-order valence-corrected chi connectivity index (χ1v) is 9.18. The molecule has 2 aliphatic heterocycles. The third-order valence-electron chi connectivity index (χ3n) is 4.94. The van der Waals surface area contributed by atoms with Gasteiger partial charge in [0.05, 0.1) is 29.9 Å². The van der Waals surface area contributed by atoms with Crippen LogP contribution in [0.1, 0.15) is 57.4 Å². The minimum absolute atomic E-state index is 0.0256. The molecule has 5 heteroatoms. The molecule has 0 radical (unpaired) electrons. The lowest BCUT2D eigenvalue weighted by atomic mass is 9.79. The van der Waals surface area contributed by atoms with Crippen molar-refractivity contribution in [2.75, 3.05) is 18.1 Å². The number of hydrogen-bond donors (Lipinski definition) is 1. The van der Waals surface area contributed by atoms with Crippen molar-refractivity contribution in [1.29, 1.82) is 0 Å². The molecule has 0 aromatic carbocycles. The molecule has 2 aliphatic rings. The molecular formula is C16H26N2O2S. The van der Waals surface area contributed by atoms with Crippen LogP contribution in [-0.2, 0) is 4.74 Å². The number of hydrogen-bond acceptors (Lipinski definition) is 4. The van der Waals surface area contributed by atoms with Crippen LogP contribution in [0.5, 0.6) is 0 Å². The van der Waals surface area contributed by atoms with Gasteiger partial charge in [-0.2, -0.15) is 11.8 Å². The summed E-state index contributed by atoms with van der Waals surface area (Å²) in [5.74, 6) is 2.66. The zero-order valence-electron chi connectivity index (χ0n) is 13.0. The highest BCUT2D eigenvalue weighted by atomic mass is 32.2. The maximum atomic E-state index is 10.9. The standard InChI is InChI=1S/C16H26N2O2S/c1-12(2)18-11-17-10-14(18)15(19)13-3-6-20-16(9-13)4-7-21-8-5-16/h10-13,15,19H,3-9H2,1-2H3. The van der Waals surface area contributed by atoms with Crippen molar-refractivity contribution in [3.8, 4) is 0 Å². The van der Waals surface area contributed by atoms with Crippen LogP contribution < -0.4 is 0 Å². The van der Waals surface area contributed by atoms with Crippen LogP contribution in [0.4, 0.5) is 0 Å². The Kier molecular flexibility index (Phi) is 4.62. The van der Waals surface area contributed by atoms with E-state index in [4.69, 9.17) is 4.74 Å². The van der Waals surface area contributed by atoms with Gasteiger partial charge in [-0.15, -0.1) is 0 Å². The predicted octanol–water partition coefficient (Wildman–Crippen LogP) is 3.19. The molecule has 2 saturated heterocycles. The predicted molar refractivity (Wildman–Crippen MR) is 85.5 cm³/mol. The zero-order chi connectivity index (χ0) is 14.9. The van der Waals surface area contributed by atoms with E-state index in [-0.39, 0.29) is 11.5 Å². The molecule has 21 heavy (non-hydrogen) atoms. The van der Waals surface area contributed by atoms with E-state index in [1.54, 1.807) is 0 Å². The van der Waals surface area contributed by atoms with Gasteiger partial charge < -0.3 is 14.4 Å². The maximum absolute atomic E-state index is 10.9. The van der Waals surface area contributed by atoms with E-state index in [2.05, 4.69) is 23.4 Å². The molecule has 2 atom stereocenters. The highest BCUT2D eigenvalue weighted by Crippen LogP contribution is 2.43. The molecule has 0 aliphatic carbocycles. The molecule has 2 fully saturated rings. The van der Waals surface area contributed by atoms with E-state index < -0.39 is 6.10 Å². The van der Waals surface area contributed by atoms with Crippen LogP contribution in [0.25, 0.3) is 0 Å². The summed E-state index contributed by atoms with van der Waals surface area (Å²) < 4.78 is 8.22. The van der Waals surface area contributed by atoms with Gasteiger partial charge in [0.25, 0.3) is 0 Å². The van der Waals surface area contributed by atoms with Crippen molar-refractivity contribution in [2.45, 2.75) is 57.3 Å². The Morgan fingerprint density at radius 1 is 1.43 bits per heavy atom. The Morgan fingerprint density at radius 2 is 2.19 bits per heavy atom. The fraction of sp³-hybridized carbons (Fsp3) is 0.812. The quantitative estimate of drug-likeness (QED) is 0.931. The minimum Gasteiger partial charge on any atom is -0.387 e. The molecule has 3 rings (SSSR count). The molecule has 3 heterocycles. The molecule has 0 amide bonds. The van der Waals surface area contributed by atoms with Gasteiger partial charge in [-0.3, -0.25) is 0 Å². The summed E-state index contributed by atoms with van der Waals surface area (Å²) in [5, 5.41) is 10.9. The second-order valence-corrected chi connectivity index (χ2v) is 7.89. The minimum atomic E-state index is -0.426. The van der Waals surface area contributed by atoms with E-state index >= 15 is 0 Å². The number of aromatic nitrogens is 2. The number of aliphatic hydroxyl groups excluding tert-OH is 1. The second-order valence-electron chi connectivity index (χ2n) is 6.66. The topological polar surface area (TPSA) is 47.3 Å². The molecule has 1 aromatic rings. The van der Waals surface area contributed by atoms with Gasteiger partial charge in [0.2, 0.25) is 0 Å². The zero-order valence-corrected chi connectivity index (χ0v) is 13.8. The van der Waals surface area contributed by atoms with E-state index in [1.165, 1.54) is 11.5 Å². The first kappa shape index (κ1) is 15.4. The van der Waals surface area contributed by atoms with Gasteiger partial charge in [-0.05, 0) is 57.0 Å². The summed E-state index contributed by atoms with van der Waals surface area (Å²) in [6.07, 6.45) is 7.41. The van der Waals surface area contributed by atoms with Gasteiger partial charge in [0.15, 0.2) is 0 Å². The van der Waals surface area contributed by atoms with Crippen molar-refractivity contribution < 1.29 is 9.84 Å². The highest BCUT2D eigenvalue weighted by Gasteiger charge is 2.41. The molecule has 4 nitrogen and oxygen atoms in total. The largest absolute Gasteiger partial charge is 0.387 e. The van der Waals surface area contributed by atoms with Gasteiger partial charge in [-0.1, -0.05) is 0 Å². The average Bonchev–Trinajstić information content (AvgIpc) is 2.97. The molecule has 1 aromatic heterocycles. The SMILES string of the molecule is CC(C)n1cncc1C(O)C1CCOC2(CCSCC2)C1.